The van der Waals surface area contributed by atoms with E-state index in [2.05, 4.69) is 13.2 Å². The van der Waals surface area contributed by atoms with Gasteiger partial charge in [0, 0.05) is 24.0 Å². The molecule has 2 unspecified atom stereocenters. The maximum atomic E-state index is 12.3. The Morgan fingerprint density at radius 3 is 1.78 bits per heavy atom. The number of rotatable bonds is 11. The van der Waals surface area contributed by atoms with Gasteiger partial charge >= 0.3 is 17.9 Å². The molecule has 0 saturated carbocycles. The molecular weight excluding hydrogens is 460 g/mol. The van der Waals surface area contributed by atoms with Gasteiger partial charge in [-0.05, 0) is 61.1 Å². The molecule has 188 valence electrons. The van der Waals surface area contributed by atoms with Crippen molar-refractivity contribution in [1.29, 1.82) is 0 Å². The van der Waals surface area contributed by atoms with Crippen molar-refractivity contribution >= 4 is 17.9 Å². The maximum Gasteiger partial charge on any atom is 0.338 e. The van der Waals surface area contributed by atoms with Crippen molar-refractivity contribution in [2.45, 2.75) is 50.7 Å². The zero-order chi connectivity index (χ0) is 25.5. The number of carbonyl (C=O) groups excluding carboxylic acids is 3. The SMILES string of the molecule is C=C1CC(CCCOC(=O)c2ccc(-c3ccc(OCCCC4CC(=C)C(=O)O4)cc3)cc2)OC1=O. The van der Waals surface area contributed by atoms with E-state index in [9.17, 15) is 14.4 Å². The van der Waals surface area contributed by atoms with Crippen LogP contribution in [0, 0.1) is 0 Å². The van der Waals surface area contributed by atoms with Crippen LogP contribution >= 0.6 is 0 Å². The van der Waals surface area contributed by atoms with Crippen LogP contribution in [0.25, 0.3) is 11.1 Å². The number of hydrogen-bond acceptors (Lipinski definition) is 7. The van der Waals surface area contributed by atoms with E-state index in [4.69, 9.17) is 18.9 Å². The molecule has 0 N–H and O–H groups in total. The fourth-order valence-corrected chi connectivity index (χ4v) is 4.19. The second-order valence-corrected chi connectivity index (χ2v) is 9.04. The van der Waals surface area contributed by atoms with Crippen molar-refractivity contribution in [2.75, 3.05) is 13.2 Å². The molecule has 0 aliphatic carbocycles. The first-order valence-electron chi connectivity index (χ1n) is 12.2. The van der Waals surface area contributed by atoms with Crippen LogP contribution in [0.1, 0.15) is 48.9 Å². The molecule has 0 aromatic heterocycles. The van der Waals surface area contributed by atoms with Gasteiger partial charge in [0.1, 0.15) is 18.0 Å². The largest absolute Gasteiger partial charge is 0.494 e. The van der Waals surface area contributed by atoms with Crippen molar-refractivity contribution in [3.8, 4) is 16.9 Å². The summed E-state index contributed by atoms with van der Waals surface area (Å²) in [5, 5.41) is 0. The summed E-state index contributed by atoms with van der Waals surface area (Å²) in [5.41, 5.74) is 3.50. The summed E-state index contributed by atoms with van der Waals surface area (Å²) in [6.45, 7) is 8.17. The third kappa shape index (κ3) is 6.62. The highest BCUT2D eigenvalue weighted by Crippen LogP contribution is 2.25. The monoisotopic (exact) mass is 490 g/mol. The Bertz CT molecular complexity index is 1100. The molecule has 7 nitrogen and oxygen atoms in total. The molecule has 7 heteroatoms. The number of carbonyl (C=O) groups is 3. The predicted molar refractivity (Wildman–Crippen MR) is 133 cm³/mol. The fourth-order valence-electron chi connectivity index (χ4n) is 4.19. The van der Waals surface area contributed by atoms with Crippen molar-refractivity contribution in [3.63, 3.8) is 0 Å². The second kappa shape index (κ2) is 11.7. The first kappa shape index (κ1) is 25.2. The van der Waals surface area contributed by atoms with Crippen LogP contribution in [-0.2, 0) is 23.8 Å². The molecule has 2 aromatic carbocycles. The minimum absolute atomic E-state index is 0.0874. The smallest absolute Gasteiger partial charge is 0.338 e. The summed E-state index contributed by atoms with van der Waals surface area (Å²) < 4.78 is 21.5. The van der Waals surface area contributed by atoms with E-state index in [0.29, 0.717) is 49.0 Å². The maximum absolute atomic E-state index is 12.3. The number of esters is 3. The Morgan fingerprint density at radius 2 is 1.28 bits per heavy atom. The zero-order valence-electron chi connectivity index (χ0n) is 20.2. The van der Waals surface area contributed by atoms with Crippen LogP contribution in [0.5, 0.6) is 5.75 Å². The Kier molecular flexibility index (Phi) is 8.21. The number of hydrogen-bond donors (Lipinski definition) is 0. The van der Waals surface area contributed by atoms with Gasteiger partial charge in [0.15, 0.2) is 0 Å². The number of ether oxygens (including phenoxy) is 4. The summed E-state index contributed by atoms with van der Waals surface area (Å²) in [6.07, 6.45) is 3.68. The van der Waals surface area contributed by atoms with Gasteiger partial charge in [-0.1, -0.05) is 37.4 Å². The van der Waals surface area contributed by atoms with Crippen LogP contribution in [0.4, 0.5) is 0 Å². The Balaban J connectivity index is 1.17. The van der Waals surface area contributed by atoms with Crippen molar-refractivity contribution in [1.82, 2.24) is 0 Å². The van der Waals surface area contributed by atoms with Gasteiger partial charge in [-0.25, -0.2) is 14.4 Å². The van der Waals surface area contributed by atoms with Crippen LogP contribution in [0.3, 0.4) is 0 Å². The van der Waals surface area contributed by atoms with Crippen molar-refractivity contribution < 1.29 is 33.3 Å². The third-order valence-corrected chi connectivity index (χ3v) is 6.22. The fraction of sp³-hybridized carbons (Fsp3) is 0.345. The van der Waals surface area contributed by atoms with E-state index in [0.717, 1.165) is 29.7 Å². The van der Waals surface area contributed by atoms with E-state index in [1.165, 1.54) is 0 Å². The van der Waals surface area contributed by atoms with E-state index in [-0.39, 0.29) is 36.7 Å². The Hall–Kier alpha value is -3.87. The molecule has 2 aliphatic rings. The molecule has 4 rings (SSSR count). The van der Waals surface area contributed by atoms with Crippen LogP contribution < -0.4 is 4.74 Å². The molecule has 2 fully saturated rings. The molecule has 0 bridgehead atoms. The molecule has 2 aromatic rings. The van der Waals surface area contributed by atoms with Crippen molar-refractivity contribution in [2.24, 2.45) is 0 Å². The lowest BCUT2D eigenvalue weighted by atomic mass is 10.0. The molecule has 0 radical (unpaired) electrons. The highest BCUT2D eigenvalue weighted by molar-refractivity contribution is 5.91. The summed E-state index contributed by atoms with van der Waals surface area (Å²) in [6, 6.07) is 15.0. The summed E-state index contributed by atoms with van der Waals surface area (Å²) in [7, 11) is 0. The molecule has 2 atom stereocenters. The second-order valence-electron chi connectivity index (χ2n) is 9.04. The average Bonchev–Trinajstić information content (AvgIpc) is 3.38. The normalized spacial score (nSPS) is 19.2. The number of benzene rings is 2. The van der Waals surface area contributed by atoms with Gasteiger partial charge in [-0.3, -0.25) is 0 Å². The standard InChI is InChI=1S/C29H30O7/c1-19-17-25(35-27(19)30)5-3-15-33-24-13-11-22(12-14-24)21-7-9-23(10-8-21)29(32)34-16-4-6-26-18-20(2)28(31)36-26/h7-14,25-26H,1-6,15-18H2. The quantitative estimate of drug-likeness (QED) is 0.185. The lowest BCUT2D eigenvalue weighted by molar-refractivity contribution is -0.140. The summed E-state index contributed by atoms with van der Waals surface area (Å²) in [5.74, 6) is -0.243. The predicted octanol–water partition coefficient (Wildman–Crippen LogP) is 5.19. The van der Waals surface area contributed by atoms with E-state index in [1.807, 2.05) is 36.4 Å². The van der Waals surface area contributed by atoms with Gasteiger partial charge in [0.05, 0.1) is 18.8 Å². The molecular formula is C29H30O7. The van der Waals surface area contributed by atoms with Gasteiger partial charge in [-0.15, -0.1) is 0 Å². The summed E-state index contributed by atoms with van der Waals surface area (Å²) >= 11 is 0. The van der Waals surface area contributed by atoms with Crippen LogP contribution in [0.15, 0.2) is 72.8 Å². The molecule has 2 saturated heterocycles. The lowest BCUT2D eigenvalue weighted by Gasteiger charge is -2.10. The first-order chi connectivity index (χ1) is 17.4. The minimum atomic E-state index is -0.380. The Morgan fingerprint density at radius 1 is 0.778 bits per heavy atom. The van der Waals surface area contributed by atoms with Crippen LogP contribution in [0.2, 0.25) is 0 Å². The van der Waals surface area contributed by atoms with Crippen LogP contribution in [-0.4, -0.2) is 43.3 Å². The molecule has 2 aliphatic heterocycles. The van der Waals surface area contributed by atoms with Gasteiger partial charge in [-0.2, -0.15) is 0 Å². The summed E-state index contributed by atoms with van der Waals surface area (Å²) in [4.78, 5) is 35.0. The minimum Gasteiger partial charge on any atom is -0.494 e. The zero-order valence-corrected chi connectivity index (χ0v) is 20.2. The highest BCUT2D eigenvalue weighted by atomic mass is 16.6. The van der Waals surface area contributed by atoms with Gasteiger partial charge < -0.3 is 18.9 Å². The molecule has 36 heavy (non-hydrogen) atoms. The third-order valence-electron chi connectivity index (χ3n) is 6.22. The Labute approximate surface area is 210 Å². The topological polar surface area (TPSA) is 88.1 Å². The average molecular weight is 491 g/mol. The highest BCUT2D eigenvalue weighted by Gasteiger charge is 2.27. The van der Waals surface area contributed by atoms with E-state index >= 15 is 0 Å². The van der Waals surface area contributed by atoms with Crippen molar-refractivity contribution in [3.05, 3.63) is 78.4 Å². The lowest BCUT2D eigenvalue weighted by Crippen LogP contribution is -2.10. The van der Waals surface area contributed by atoms with E-state index in [1.54, 1.807) is 12.1 Å². The van der Waals surface area contributed by atoms with Gasteiger partial charge in [0.25, 0.3) is 0 Å². The van der Waals surface area contributed by atoms with Gasteiger partial charge in [0.2, 0.25) is 0 Å². The molecule has 0 spiro atoms. The molecule has 2 heterocycles. The number of cyclic esters (lactones) is 2. The first-order valence-corrected chi connectivity index (χ1v) is 12.2. The van der Waals surface area contributed by atoms with E-state index < -0.39 is 0 Å². The molecule has 0 amide bonds.